The van der Waals surface area contributed by atoms with Crippen molar-refractivity contribution in [3.05, 3.63) is 127 Å². The van der Waals surface area contributed by atoms with E-state index >= 15 is 0 Å². The summed E-state index contributed by atoms with van der Waals surface area (Å²) < 4.78 is 79.8. The number of sulfonamides is 2. The van der Waals surface area contributed by atoms with Crippen LogP contribution in [-0.4, -0.2) is 158 Å². The van der Waals surface area contributed by atoms with Crippen LogP contribution in [0.1, 0.15) is 69.2 Å². The van der Waals surface area contributed by atoms with Crippen LogP contribution >= 0.6 is 23.2 Å². The summed E-state index contributed by atoms with van der Waals surface area (Å²) in [5.41, 5.74) is 6.27. The highest BCUT2D eigenvalue weighted by Gasteiger charge is 2.30. The number of amides is 4. The third-order valence-corrected chi connectivity index (χ3v) is 15.9. The fourth-order valence-corrected chi connectivity index (χ4v) is 11.5. The van der Waals surface area contributed by atoms with Gasteiger partial charge in [0.1, 0.15) is 0 Å². The number of halogens is 2. The van der Waals surface area contributed by atoms with Gasteiger partial charge >= 0.3 is 12.1 Å². The number of carbonyl (C=O) groups excluding carboxylic acids is 2. The lowest BCUT2D eigenvalue weighted by atomic mass is 9.83. The van der Waals surface area contributed by atoms with E-state index in [0.29, 0.717) is 73.3 Å². The van der Waals surface area contributed by atoms with Crippen LogP contribution in [0.25, 0.3) is 0 Å². The number of nitriles is 2. The summed E-state index contributed by atoms with van der Waals surface area (Å²) in [5.74, 6) is -0.324. The Kier molecular flexibility index (Phi) is 23.5. The fraction of sp³-hybridized carbons (Fsp3) is 0.462. The molecule has 2 unspecified atom stereocenters. The van der Waals surface area contributed by atoms with Gasteiger partial charge in [0.15, 0.2) is 0 Å². The van der Waals surface area contributed by atoms with Gasteiger partial charge in [-0.05, 0) is 109 Å². The molecule has 4 aromatic carbocycles. The lowest BCUT2D eigenvalue weighted by molar-refractivity contribution is 0.0516. The van der Waals surface area contributed by atoms with E-state index in [1.54, 1.807) is 36.4 Å². The number of nitrogens with one attached hydrogen (secondary N) is 6. The van der Waals surface area contributed by atoms with Gasteiger partial charge in [-0.1, -0.05) is 47.5 Å². The van der Waals surface area contributed by atoms with Gasteiger partial charge in [0, 0.05) is 87.3 Å². The summed E-state index contributed by atoms with van der Waals surface area (Å²) in [5, 5.41) is 31.2. The van der Waals surface area contributed by atoms with E-state index in [9.17, 15) is 36.9 Å². The first-order chi connectivity index (χ1) is 36.6. The van der Waals surface area contributed by atoms with Gasteiger partial charge in [0.05, 0.1) is 85.9 Å². The fourth-order valence-electron chi connectivity index (χ4n) is 8.91. The van der Waals surface area contributed by atoms with Gasteiger partial charge in [-0.3, -0.25) is 0 Å². The minimum Gasteiger partial charge on any atom is -0.378 e. The molecule has 0 saturated carbocycles. The van der Waals surface area contributed by atoms with Gasteiger partial charge < -0.3 is 50.0 Å². The van der Waals surface area contributed by atoms with E-state index < -0.39 is 20.0 Å². The second kappa shape index (κ2) is 29.9. The molecule has 0 spiro atoms. The Morgan fingerprint density at radius 3 is 1.30 bits per heavy atom. The van der Waals surface area contributed by atoms with Crippen LogP contribution in [0, 0.1) is 22.7 Å². The van der Waals surface area contributed by atoms with Crippen LogP contribution in [0.3, 0.4) is 0 Å². The zero-order chi connectivity index (χ0) is 54.5. The van der Waals surface area contributed by atoms with Gasteiger partial charge in [0.2, 0.25) is 20.0 Å². The van der Waals surface area contributed by atoms with Crippen molar-refractivity contribution >= 4 is 55.3 Å². The number of hydrogen-bond donors (Lipinski definition) is 6. The number of nitrogens with zero attached hydrogens (tertiary/aromatic N) is 4. The van der Waals surface area contributed by atoms with Gasteiger partial charge in [0.25, 0.3) is 0 Å². The van der Waals surface area contributed by atoms with Crippen molar-refractivity contribution in [2.75, 3.05) is 119 Å². The van der Waals surface area contributed by atoms with Gasteiger partial charge in [-0.25, -0.2) is 35.9 Å². The molecule has 2 aliphatic rings. The molecule has 0 radical (unpaired) electrons. The molecule has 0 fully saturated rings. The first-order valence-corrected chi connectivity index (χ1v) is 28.7. The minimum atomic E-state index is -3.83. The average molecular weight is 1130 g/mol. The molecule has 2 heterocycles. The van der Waals surface area contributed by atoms with Crippen LogP contribution in [0.4, 0.5) is 9.59 Å². The molecule has 2 atom stereocenters. The number of fused-ring (bicyclic) bond motifs is 2. The summed E-state index contributed by atoms with van der Waals surface area (Å²) >= 11 is 12.7. The molecule has 2 aliphatic heterocycles. The Hall–Kier alpha value is -5.44. The number of unbranched alkanes of at least 4 members (excludes halogenated alkanes) is 1. The molecule has 6 rings (SSSR count). The summed E-state index contributed by atoms with van der Waals surface area (Å²) in [4.78, 5) is 28.7. The number of likely N-dealkylation sites (N-methyl/N-ethyl adjacent to an activating group) is 2. The summed E-state index contributed by atoms with van der Waals surface area (Å²) in [6.45, 7) is 5.74. The molecule has 0 saturated heterocycles. The second-order valence-electron chi connectivity index (χ2n) is 18.2. The molecular formula is C52H66Cl2N10O10S2. The number of ether oxygens (including phenoxy) is 4. The molecule has 76 heavy (non-hydrogen) atoms. The van der Waals surface area contributed by atoms with Crippen molar-refractivity contribution in [3.63, 3.8) is 0 Å². The quantitative estimate of drug-likeness (QED) is 0.0407. The molecule has 0 aromatic heterocycles. The molecule has 4 amide bonds. The van der Waals surface area contributed by atoms with Gasteiger partial charge in [-0.2, -0.15) is 10.5 Å². The Morgan fingerprint density at radius 2 is 0.921 bits per heavy atom. The zero-order valence-corrected chi connectivity index (χ0v) is 45.8. The van der Waals surface area contributed by atoms with Crippen molar-refractivity contribution in [2.24, 2.45) is 0 Å². The maximum absolute atomic E-state index is 13.2. The van der Waals surface area contributed by atoms with Gasteiger partial charge in [-0.15, -0.1) is 0 Å². The van der Waals surface area contributed by atoms with Crippen molar-refractivity contribution in [1.29, 1.82) is 10.5 Å². The van der Waals surface area contributed by atoms with Crippen molar-refractivity contribution < 1.29 is 45.4 Å². The molecule has 6 N–H and O–H groups in total. The Balaban J connectivity index is 0.715. The summed E-state index contributed by atoms with van der Waals surface area (Å²) in [6.07, 6.45) is 1.29. The molecule has 20 nitrogen and oxygen atoms in total. The number of carbonyl (C=O) groups is 2. The van der Waals surface area contributed by atoms with Crippen LogP contribution in [0.2, 0.25) is 10.0 Å². The normalized spacial score (nSPS) is 15.7. The lowest BCUT2D eigenvalue weighted by Crippen LogP contribution is -2.39. The highest BCUT2D eigenvalue weighted by Crippen LogP contribution is 2.38. The molecule has 24 heteroatoms. The van der Waals surface area contributed by atoms with Crippen LogP contribution in [-0.2, 0) is 52.1 Å². The highest BCUT2D eigenvalue weighted by molar-refractivity contribution is 7.89. The Labute approximate surface area is 455 Å². The third kappa shape index (κ3) is 18.1. The van der Waals surface area contributed by atoms with E-state index in [4.69, 9.17) is 42.1 Å². The molecule has 4 aromatic rings. The van der Waals surface area contributed by atoms with E-state index in [1.165, 1.54) is 12.1 Å². The van der Waals surface area contributed by atoms with Crippen LogP contribution < -0.4 is 30.7 Å². The predicted octanol–water partition coefficient (Wildman–Crippen LogP) is 4.59. The first kappa shape index (κ1) is 59.8. The van der Waals surface area contributed by atoms with E-state index in [2.05, 4.69) is 52.6 Å². The van der Waals surface area contributed by atoms with E-state index in [1.807, 2.05) is 38.4 Å². The zero-order valence-electron chi connectivity index (χ0n) is 42.7. The SMILES string of the molecule is CN1Cc2c(C#N)cc(Cl)cc2C(c2cccc(S(=O)(=O)NCCOCCOCCNC(=O)NCCCCNC(=O)NCCOCCOCCNS(=O)(=O)c3cccc(C4CN(C)Cc5c(C#N)cc(Cl)cc54)c3)c2)C1. The Bertz CT molecular complexity index is 2730. The van der Waals surface area contributed by atoms with E-state index in [0.717, 1.165) is 33.4 Å². The van der Waals surface area contributed by atoms with Crippen molar-refractivity contribution in [3.8, 4) is 12.1 Å². The molecular weight excluding hydrogens is 1060 g/mol. The highest BCUT2D eigenvalue weighted by atomic mass is 35.5. The standard InChI is InChI=1S/C52H66Cl2N10O10S2/c1-63-33-47(45-29-41(53)25-39(31-55)49(45)35-63)37-7-5-9-43(27-37)75(67,68)61-15-19-73-23-21-71-17-13-59-51(65)57-11-3-4-12-58-52(66)60-14-18-72-22-24-74-20-16-62-76(69,70)44-10-6-8-38(28-44)48-34-64(2)36-50-40(32-56)26-42(54)30-46(48)50/h5-10,25-30,47-48,61-62H,3-4,11-24,33-36H2,1-2H3,(H2,57,59,65)(H2,58,60,66). The number of rotatable bonds is 29. The molecule has 0 bridgehead atoms. The molecule has 0 aliphatic carbocycles. The minimum absolute atomic E-state index is 0.0586. The molecule has 410 valence electrons. The topological polar surface area (TPSA) is 266 Å². The Morgan fingerprint density at radius 1 is 0.553 bits per heavy atom. The number of benzene rings is 4. The maximum Gasteiger partial charge on any atom is 0.314 e. The number of hydrogen-bond acceptors (Lipinski definition) is 14. The number of urea groups is 2. The third-order valence-electron chi connectivity index (χ3n) is 12.5. The van der Waals surface area contributed by atoms with Crippen LogP contribution in [0.15, 0.2) is 82.6 Å². The predicted molar refractivity (Wildman–Crippen MR) is 287 cm³/mol. The smallest absolute Gasteiger partial charge is 0.314 e. The maximum atomic E-state index is 13.2. The lowest BCUT2D eigenvalue weighted by Gasteiger charge is -2.33. The summed E-state index contributed by atoms with van der Waals surface area (Å²) in [6, 6.07) is 24.4. The second-order valence-corrected chi connectivity index (χ2v) is 22.6. The first-order valence-electron chi connectivity index (χ1n) is 24.9. The summed E-state index contributed by atoms with van der Waals surface area (Å²) in [7, 11) is -3.73. The van der Waals surface area contributed by atoms with Crippen molar-refractivity contribution in [2.45, 2.75) is 47.6 Å². The van der Waals surface area contributed by atoms with Crippen molar-refractivity contribution in [1.82, 2.24) is 40.5 Å². The van der Waals surface area contributed by atoms with Crippen LogP contribution in [0.5, 0.6) is 0 Å². The average Bonchev–Trinajstić information content (AvgIpc) is 3.40. The van der Waals surface area contributed by atoms with E-state index in [-0.39, 0.29) is 113 Å². The largest absolute Gasteiger partial charge is 0.378 e. The monoisotopic (exact) mass is 1120 g/mol.